The van der Waals surface area contributed by atoms with Crippen molar-refractivity contribution < 1.29 is 0 Å². The molecule has 0 amide bonds. The Bertz CT molecular complexity index is 216. The standard InChI is InChI=1S/C18H37N/c1-5-6-7-8-11-17(4)19-15-18(14-16(2)3)12-9-10-13-18/h16-17,19H,5-15H2,1-4H3. The Morgan fingerprint density at radius 1 is 1.00 bits per heavy atom. The summed E-state index contributed by atoms with van der Waals surface area (Å²) >= 11 is 0. The van der Waals surface area contributed by atoms with Crippen molar-refractivity contribution in [2.45, 2.75) is 97.9 Å². The van der Waals surface area contributed by atoms with Gasteiger partial charge in [-0.1, -0.05) is 59.3 Å². The molecule has 114 valence electrons. The maximum Gasteiger partial charge on any atom is 0.00389 e. The lowest BCUT2D eigenvalue weighted by molar-refractivity contribution is 0.214. The Hall–Kier alpha value is -0.0400. The molecule has 0 saturated heterocycles. The first-order valence-corrected chi connectivity index (χ1v) is 8.81. The maximum atomic E-state index is 3.85. The van der Waals surface area contributed by atoms with Gasteiger partial charge in [-0.25, -0.2) is 0 Å². The van der Waals surface area contributed by atoms with Crippen LogP contribution < -0.4 is 5.32 Å². The van der Waals surface area contributed by atoms with Crippen molar-refractivity contribution >= 4 is 0 Å². The van der Waals surface area contributed by atoms with Crippen LogP contribution in [0, 0.1) is 11.3 Å². The summed E-state index contributed by atoms with van der Waals surface area (Å²) in [5, 5.41) is 3.85. The molecule has 0 radical (unpaired) electrons. The molecule has 1 fully saturated rings. The van der Waals surface area contributed by atoms with Gasteiger partial charge in [0.05, 0.1) is 0 Å². The molecule has 1 aliphatic rings. The van der Waals surface area contributed by atoms with Gasteiger partial charge in [0.1, 0.15) is 0 Å². The van der Waals surface area contributed by atoms with E-state index in [1.807, 2.05) is 0 Å². The normalized spacial score (nSPS) is 20.1. The fourth-order valence-corrected chi connectivity index (χ4v) is 3.81. The van der Waals surface area contributed by atoms with E-state index < -0.39 is 0 Å². The SMILES string of the molecule is CCCCCCC(C)NCC1(CC(C)C)CCCC1. The summed E-state index contributed by atoms with van der Waals surface area (Å²) in [4.78, 5) is 0. The molecule has 0 aliphatic heterocycles. The third-order valence-corrected chi connectivity index (χ3v) is 4.82. The minimum atomic E-state index is 0.631. The smallest absolute Gasteiger partial charge is 0.00389 e. The van der Waals surface area contributed by atoms with Crippen LogP contribution in [0.5, 0.6) is 0 Å². The molecule has 1 saturated carbocycles. The summed E-state index contributed by atoms with van der Waals surface area (Å²) < 4.78 is 0. The zero-order chi connectivity index (χ0) is 14.1. The molecule has 0 heterocycles. The molecule has 1 N–H and O–H groups in total. The third kappa shape index (κ3) is 6.79. The fourth-order valence-electron chi connectivity index (χ4n) is 3.81. The van der Waals surface area contributed by atoms with Crippen molar-refractivity contribution in [2.24, 2.45) is 11.3 Å². The Balaban J connectivity index is 2.23. The highest BCUT2D eigenvalue weighted by atomic mass is 14.9. The summed E-state index contributed by atoms with van der Waals surface area (Å²) in [6.07, 6.45) is 14.2. The summed E-state index contributed by atoms with van der Waals surface area (Å²) in [5.74, 6) is 0.847. The molecule has 1 nitrogen and oxygen atoms in total. The number of rotatable bonds is 10. The zero-order valence-corrected chi connectivity index (χ0v) is 13.9. The molecule has 0 spiro atoms. The topological polar surface area (TPSA) is 12.0 Å². The average molecular weight is 268 g/mol. The lowest BCUT2D eigenvalue weighted by Gasteiger charge is -2.32. The van der Waals surface area contributed by atoms with E-state index in [0.29, 0.717) is 11.5 Å². The van der Waals surface area contributed by atoms with Gasteiger partial charge in [0.15, 0.2) is 0 Å². The van der Waals surface area contributed by atoms with E-state index in [0.717, 1.165) is 5.92 Å². The molecule has 0 aromatic rings. The van der Waals surface area contributed by atoms with E-state index in [1.54, 1.807) is 0 Å². The molecule has 1 aliphatic carbocycles. The lowest BCUT2D eigenvalue weighted by Crippen LogP contribution is -2.38. The highest BCUT2D eigenvalue weighted by molar-refractivity contribution is 4.88. The first kappa shape index (κ1) is 17.0. The minimum absolute atomic E-state index is 0.631. The second-order valence-corrected chi connectivity index (χ2v) is 7.44. The summed E-state index contributed by atoms with van der Waals surface area (Å²) in [6, 6.07) is 0.710. The van der Waals surface area contributed by atoms with Crippen LogP contribution in [0.4, 0.5) is 0 Å². The monoisotopic (exact) mass is 267 g/mol. The van der Waals surface area contributed by atoms with Gasteiger partial charge >= 0.3 is 0 Å². The average Bonchev–Trinajstić information content (AvgIpc) is 2.80. The molecule has 0 aromatic heterocycles. The highest BCUT2D eigenvalue weighted by Gasteiger charge is 2.34. The molecular weight excluding hydrogens is 230 g/mol. The quantitative estimate of drug-likeness (QED) is 0.512. The van der Waals surface area contributed by atoms with Crippen molar-refractivity contribution in [3.8, 4) is 0 Å². The Morgan fingerprint density at radius 3 is 2.26 bits per heavy atom. The first-order chi connectivity index (χ1) is 9.08. The predicted molar refractivity (Wildman–Crippen MR) is 86.6 cm³/mol. The van der Waals surface area contributed by atoms with E-state index in [2.05, 4.69) is 33.0 Å². The summed E-state index contributed by atoms with van der Waals surface area (Å²) in [5.41, 5.74) is 0.631. The van der Waals surface area contributed by atoms with Gasteiger partial charge in [-0.15, -0.1) is 0 Å². The third-order valence-electron chi connectivity index (χ3n) is 4.82. The molecule has 0 aromatic carbocycles. The lowest BCUT2D eigenvalue weighted by atomic mass is 9.78. The molecule has 19 heavy (non-hydrogen) atoms. The maximum absolute atomic E-state index is 3.85. The molecule has 1 unspecified atom stereocenters. The van der Waals surface area contributed by atoms with Crippen LogP contribution in [-0.2, 0) is 0 Å². The second kappa shape index (κ2) is 9.00. The van der Waals surface area contributed by atoms with E-state index in [-0.39, 0.29) is 0 Å². The van der Waals surface area contributed by atoms with Crippen molar-refractivity contribution in [1.29, 1.82) is 0 Å². The van der Waals surface area contributed by atoms with Gasteiger partial charge in [-0.2, -0.15) is 0 Å². The van der Waals surface area contributed by atoms with Crippen molar-refractivity contribution in [1.82, 2.24) is 5.32 Å². The van der Waals surface area contributed by atoms with Gasteiger partial charge in [-0.3, -0.25) is 0 Å². The zero-order valence-electron chi connectivity index (χ0n) is 13.9. The van der Waals surface area contributed by atoms with E-state index in [4.69, 9.17) is 0 Å². The molecule has 0 bridgehead atoms. The van der Waals surface area contributed by atoms with Crippen LogP contribution >= 0.6 is 0 Å². The predicted octanol–water partition coefficient (Wildman–Crippen LogP) is 5.54. The van der Waals surface area contributed by atoms with E-state index in [9.17, 15) is 0 Å². The molecule has 1 atom stereocenters. The number of hydrogen-bond acceptors (Lipinski definition) is 1. The van der Waals surface area contributed by atoms with Crippen molar-refractivity contribution in [2.75, 3.05) is 6.54 Å². The Kier molecular flexibility index (Phi) is 8.06. The number of hydrogen-bond donors (Lipinski definition) is 1. The van der Waals surface area contributed by atoms with Gasteiger partial charge in [0.2, 0.25) is 0 Å². The van der Waals surface area contributed by atoms with E-state index >= 15 is 0 Å². The van der Waals surface area contributed by atoms with Crippen molar-refractivity contribution in [3.05, 3.63) is 0 Å². The summed E-state index contributed by atoms with van der Waals surface area (Å²) in [6.45, 7) is 10.7. The highest BCUT2D eigenvalue weighted by Crippen LogP contribution is 2.42. The van der Waals surface area contributed by atoms with Gasteiger partial charge in [-0.05, 0) is 43.9 Å². The fraction of sp³-hybridized carbons (Fsp3) is 1.00. The Morgan fingerprint density at radius 2 is 1.68 bits per heavy atom. The van der Waals surface area contributed by atoms with Crippen LogP contribution in [-0.4, -0.2) is 12.6 Å². The van der Waals surface area contributed by atoms with E-state index in [1.165, 1.54) is 70.8 Å². The van der Waals surface area contributed by atoms with Gasteiger partial charge in [0.25, 0.3) is 0 Å². The van der Waals surface area contributed by atoms with Crippen molar-refractivity contribution in [3.63, 3.8) is 0 Å². The number of unbranched alkanes of at least 4 members (excludes halogenated alkanes) is 3. The minimum Gasteiger partial charge on any atom is -0.314 e. The number of nitrogens with one attached hydrogen (secondary N) is 1. The van der Waals surface area contributed by atoms with Crippen LogP contribution in [0.25, 0.3) is 0 Å². The molecule has 1 rings (SSSR count). The molecule has 1 heteroatoms. The van der Waals surface area contributed by atoms with Crippen LogP contribution in [0.2, 0.25) is 0 Å². The van der Waals surface area contributed by atoms with Gasteiger partial charge < -0.3 is 5.32 Å². The largest absolute Gasteiger partial charge is 0.314 e. The Labute approximate surface area is 121 Å². The second-order valence-electron chi connectivity index (χ2n) is 7.44. The molecular formula is C18H37N. The van der Waals surface area contributed by atoms with Gasteiger partial charge in [0, 0.05) is 12.6 Å². The van der Waals surface area contributed by atoms with Crippen LogP contribution in [0.15, 0.2) is 0 Å². The van der Waals surface area contributed by atoms with Crippen LogP contribution in [0.1, 0.15) is 91.9 Å². The van der Waals surface area contributed by atoms with Crippen LogP contribution in [0.3, 0.4) is 0 Å². The summed E-state index contributed by atoms with van der Waals surface area (Å²) in [7, 11) is 0. The first-order valence-electron chi connectivity index (χ1n) is 8.81.